The molecule has 1 saturated carbocycles. The molecule has 7 heteroatoms. The lowest BCUT2D eigenvalue weighted by Crippen LogP contribution is -2.27. The van der Waals surface area contributed by atoms with Crippen LogP contribution in [0.15, 0.2) is 17.3 Å². The molecule has 1 heterocycles. The number of sulfonamides is 1. The first-order valence-electron chi connectivity index (χ1n) is 5.79. The first kappa shape index (κ1) is 12.5. The molecule has 0 radical (unpaired) electrons. The van der Waals surface area contributed by atoms with Gasteiger partial charge in [-0.05, 0) is 25.8 Å². The van der Waals surface area contributed by atoms with Crippen molar-refractivity contribution in [1.82, 2.24) is 19.8 Å². The average Bonchev–Trinajstić information content (AvgIpc) is 2.98. The van der Waals surface area contributed by atoms with Crippen molar-refractivity contribution in [2.75, 3.05) is 13.1 Å². The predicted octanol–water partition coefficient (Wildman–Crippen LogP) is -0.159. The Morgan fingerprint density at radius 3 is 2.82 bits per heavy atom. The van der Waals surface area contributed by atoms with Crippen LogP contribution in [-0.2, 0) is 17.1 Å². The van der Waals surface area contributed by atoms with Gasteiger partial charge in [-0.15, -0.1) is 0 Å². The van der Waals surface area contributed by atoms with Crippen LogP contribution in [0.25, 0.3) is 0 Å². The van der Waals surface area contributed by atoms with Crippen LogP contribution < -0.4 is 10.0 Å². The van der Waals surface area contributed by atoms with E-state index in [1.807, 2.05) is 0 Å². The van der Waals surface area contributed by atoms with E-state index < -0.39 is 10.0 Å². The third-order valence-corrected chi connectivity index (χ3v) is 4.06. The Labute approximate surface area is 101 Å². The van der Waals surface area contributed by atoms with Gasteiger partial charge >= 0.3 is 0 Å². The number of aromatic nitrogens is 2. The Hall–Kier alpha value is -0.920. The van der Waals surface area contributed by atoms with Crippen molar-refractivity contribution in [2.24, 2.45) is 7.05 Å². The summed E-state index contributed by atoms with van der Waals surface area (Å²) < 4.78 is 27.6. The van der Waals surface area contributed by atoms with E-state index in [1.165, 1.54) is 29.9 Å². The van der Waals surface area contributed by atoms with Crippen molar-refractivity contribution >= 4 is 10.0 Å². The highest BCUT2D eigenvalue weighted by Crippen LogP contribution is 2.18. The molecule has 0 aliphatic heterocycles. The Bertz CT molecular complexity index is 464. The molecule has 0 amide bonds. The van der Waals surface area contributed by atoms with E-state index in [1.54, 1.807) is 7.05 Å². The summed E-state index contributed by atoms with van der Waals surface area (Å²) in [6.45, 7) is 1.32. The molecular formula is C10H18N4O2S. The van der Waals surface area contributed by atoms with Gasteiger partial charge in [0.05, 0.1) is 6.20 Å². The molecule has 0 spiro atoms. The monoisotopic (exact) mass is 258 g/mol. The Balaban J connectivity index is 1.73. The minimum atomic E-state index is -3.39. The predicted molar refractivity (Wildman–Crippen MR) is 64.0 cm³/mol. The van der Waals surface area contributed by atoms with Crippen LogP contribution in [0.3, 0.4) is 0 Å². The summed E-state index contributed by atoms with van der Waals surface area (Å²) in [5.41, 5.74) is 0. The highest BCUT2D eigenvalue weighted by Gasteiger charge is 2.20. The fourth-order valence-corrected chi connectivity index (χ4v) is 2.57. The molecule has 1 fully saturated rings. The van der Waals surface area contributed by atoms with Crippen molar-refractivity contribution in [3.05, 3.63) is 12.4 Å². The van der Waals surface area contributed by atoms with Gasteiger partial charge in [-0.25, -0.2) is 13.1 Å². The van der Waals surface area contributed by atoms with E-state index in [2.05, 4.69) is 15.1 Å². The van der Waals surface area contributed by atoms with Crippen LogP contribution in [0.5, 0.6) is 0 Å². The molecule has 0 unspecified atom stereocenters. The number of hydrogen-bond acceptors (Lipinski definition) is 4. The van der Waals surface area contributed by atoms with Gasteiger partial charge in [0.2, 0.25) is 10.0 Å². The van der Waals surface area contributed by atoms with E-state index in [9.17, 15) is 8.42 Å². The standard InChI is InChI=1S/C10H18N4O2S/c1-14-8-10(7-12-14)17(15,16)13-6-2-5-11-9-3-4-9/h7-9,11,13H,2-6H2,1H3. The number of nitrogens with one attached hydrogen (secondary N) is 2. The summed E-state index contributed by atoms with van der Waals surface area (Å²) in [6, 6.07) is 0.671. The molecule has 0 bridgehead atoms. The van der Waals surface area contributed by atoms with Gasteiger partial charge in [0.15, 0.2) is 0 Å². The zero-order valence-electron chi connectivity index (χ0n) is 9.89. The Morgan fingerprint density at radius 1 is 1.47 bits per heavy atom. The quantitative estimate of drug-likeness (QED) is 0.666. The fourth-order valence-electron chi connectivity index (χ4n) is 1.51. The maximum Gasteiger partial charge on any atom is 0.243 e. The van der Waals surface area contributed by atoms with Crippen LogP contribution in [0, 0.1) is 0 Å². The number of aryl methyl sites for hydroxylation is 1. The van der Waals surface area contributed by atoms with Crippen molar-refractivity contribution in [1.29, 1.82) is 0 Å². The number of nitrogens with zero attached hydrogens (tertiary/aromatic N) is 2. The van der Waals surface area contributed by atoms with Gasteiger partial charge in [0, 0.05) is 25.8 Å². The second kappa shape index (κ2) is 5.16. The molecule has 0 saturated heterocycles. The molecule has 0 atom stereocenters. The van der Waals surface area contributed by atoms with Crippen LogP contribution in [-0.4, -0.2) is 37.3 Å². The lowest BCUT2D eigenvalue weighted by atomic mass is 10.4. The molecule has 2 N–H and O–H groups in total. The van der Waals surface area contributed by atoms with E-state index >= 15 is 0 Å². The summed E-state index contributed by atoms with van der Waals surface area (Å²) in [6.07, 6.45) is 6.15. The molecule has 17 heavy (non-hydrogen) atoms. The van der Waals surface area contributed by atoms with Gasteiger partial charge < -0.3 is 5.32 Å². The fraction of sp³-hybridized carbons (Fsp3) is 0.700. The minimum Gasteiger partial charge on any atom is -0.314 e. The molecule has 2 rings (SSSR count). The third kappa shape index (κ3) is 3.79. The average molecular weight is 258 g/mol. The third-order valence-electron chi connectivity index (χ3n) is 2.65. The van der Waals surface area contributed by atoms with Gasteiger partial charge in [0.1, 0.15) is 4.90 Å². The van der Waals surface area contributed by atoms with E-state index in [0.717, 1.165) is 13.0 Å². The molecular weight excluding hydrogens is 240 g/mol. The topological polar surface area (TPSA) is 76.0 Å². The van der Waals surface area contributed by atoms with Crippen LogP contribution in [0.1, 0.15) is 19.3 Å². The second-order valence-electron chi connectivity index (χ2n) is 4.33. The summed E-state index contributed by atoms with van der Waals surface area (Å²) in [5, 5.41) is 7.18. The van der Waals surface area contributed by atoms with Gasteiger partial charge in [-0.3, -0.25) is 4.68 Å². The molecule has 1 aromatic heterocycles. The van der Waals surface area contributed by atoms with Gasteiger partial charge in [0.25, 0.3) is 0 Å². The van der Waals surface area contributed by atoms with Crippen LogP contribution >= 0.6 is 0 Å². The van der Waals surface area contributed by atoms with E-state index in [-0.39, 0.29) is 4.90 Å². The maximum absolute atomic E-state index is 11.8. The molecule has 1 aliphatic carbocycles. The highest BCUT2D eigenvalue weighted by molar-refractivity contribution is 7.89. The SMILES string of the molecule is Cn1cc(S(=O)(=O)NCCCNC2CC2)cn1. The largest absolute Gasteiger partial charge is 0.314 e. The normalized spacial score (nSPS) is 16.3. The van der Waals surface area contributed by atoms with Crippen molar-refractivity contribution in [3.63, 3.8) is 0 Å². The van der Waals surface area contributed by atoms with Crippen LogP contribution in [0.4, 0.5) is 0 Å². The van der Waals surface area contributed by atoms with E-state index in [0.29, 0.717) is 12.6 Å². The molecule has 96 valence electrons. The smallest absolute Gasteiger partial charge is 0.243 e. The Morgan fingerprint density at radius 2 is 2.24 bits per heavy atom. The number of hydrogen-bond donors (Lipinski definition) is 2. The van der Waals surface area contributed by atoms with Gasteiger partial charge in [-0.2, -0.15) is 5.10 Å². The zero-order valence-corrected chi connectivity index (χ0v) is 10.7. The molecule has 6 nitrogen and oxygen atoms in total. The lowest BCUT2D eigenvalue weighted by molar-refractivity contribution is 0.573. The van der Waals surface area contributed by atoms with Crippen molar-refractivity contribution in [2.45, 2.75) is 30.2 Å². The second-order valence-corrected chi connectivity index (χ2v) is 6.10. The molecule has 1 aliphatic rings. The first-order valence-corrected chi connectivity index (χ1v) is 7.28. The Kier molecular flexibility index (Phi) is 3.80. The molecule has 1 aromatic rings. The number of rotatable bonds is 7. The van der Waals surface area contributed by atoms with Crippen LogP contribution in [0.2, 0.25) is 0 Å². The first-order chi connectivity index (χ1) is 8.08. The highest BCUT2D eigenvalue weighted by atomic mass is 32.2. The zero-order chi connectivity index (χ0) is 12.3. The van der Waals surface area contributed by atoms with Crippen molar-refractivity contribution in [3.8, 4) is 0 Å². The summed E-state index contributed by atoms with van der Waals surface area (Å²) in [5.74, 6) is 0. The van der Waals surface area contributed by atoms with E-state index in [4.69, 9.17) is 0 Å². The molecule has 0 aromatic carbocycles. The summed E-state index contributed by atoms with van der Waals surface area (Å²) in [4.78, 5) is 0.218. The summed E-state index contributed by atoms with van der Waals surface area (Å²) in [7, 11) is -1.69. The van der Waals surface area contributed by atoms with Crippen molar-refractivity contribution < 1.29 is 8.42 Å². The van der Waals surface area contributed by atoms with Gasteiger partial charge in [-0.1, -0.05) is 0 Å². The maximum atomic E-state index is 11.8. The summed E-state index contributed by atoms with van der Waals surface area (Å²) >= 11 is 0. The lowest BCUT2D eigenvalue weighted by Gasteiger charge is -2.05. The minimum absolute atomic E-state index is 0.218.